The van der Waals surface area contributed by atoms with Gasteiger partial charge in [0.15, 0.2) is 0 Å². The van der Waals surface area contributed by atoms with Crippen molar-refractivity contribution in [2.24, 2.45) is 4.99 Å². The second kappa shape index (κ2) is 12.3. The molecule has 10 rings (SSSR count). The minimum atomic E-state index is -0.449. The molecule has 52 heavy (non-hydrogen) atoms. The normalized spacial score (nSPS) is 16.8. The third kappa shape index (κ3) is 5.02. The van der Waals surface area contributed by atoms with Gasteiger partial charge in [0.1, 0.15) is 17.2 Å². The molecule has 248 valence electrons. The minimum absolute atomic E-state index is 0.287. The second-order valence-electron chi connectivity index (χ2n) is 13.4. The molecule has 6 nitrogen and oxygen atoms in total. The SMILES string of the molecule is N#Cc1cccc(C2N=C(c3ccc(-n4c5ccccc5c5cc(-c6cccc7c8c(oc67)CCC=C8)ccc54)cc3)NC(c3ccccc3)[N-]2)c1. The maximum Gasteiger partial charge on any atom is 0.142 e. The first kappa shape index (κ1) is 30.2. The number of hydrogen-bond donors (Lipinski definition) is 1. The van der Waals surface area contributed by atoms with Gasteiger partial charge in [-0.25, -0.2) is 0 Å². The third-order valence-electron chi connectivity index (χ3n) is 10.3. The van der Waals surface area contributed by atoms with Crippen LogP contribution in [0.15, 0.2) is 155 Å². The molecular formula is C46H32N5O-. The number of furan rings is 1. The molecule has 2 unspecified atom stereocenters. The third-order valence-corrected chi connectivity index (χ3v) is 10.3. The average Bonchev–Trinajstić information content (AvgIpc) is 3.77. The van der Waals surface area contributed by atoms with E-state index in [1.165, 1.54) is 21.7 Å². The molecule has 2 atom stereocenters. The molecule has 2 aromatic heterocycles. The first-order valence-electron chi connectivity index (χ1n) is 17.7. The lowest BCUT2D eigenvalue weighted by atomic mass is 9.98. The quantitative estimate of drug-likeness (QED) is 0.198. The van der Waals surface area contributed by atoms with Crippen LogP contribution in [0, 0.1) is 11.3 Å². The fourth-order valence-electron chi connectivity index (χ4n) is 7.78. The molecule has 1 N–H and O–H groups in total. The van der Waals surface area contributed by atoms with Crippen molar-refractivity contribution in [1.29, 1.82) is 5.26 Å². The summed E-state index contributed by atoms with van der Waals surface area (Å²) in [4.78, 5) is 5.06. The van der Waals surface area contributed by atoms with E-state index in [0.29, 0.717) is 5.56 Å². The number of para-hydroxylation sites is 2. The van der Waals surface area contributed by atoms with E-state index in [-0.39, 0.29) is 6.17 Å². The van der Waals surface area contributed by atoms with Crippen molar-refractivity contribution in [3.63, 3.8) is 0 Å². The van der Waals surface area contributed by atoms with Crippen molar-refractivity contribution in [3.05, 3.63) is 184 Å². The number of hydrogen-bond acceptors (Lipinski definition) is 4. The van der Waals surface area contributed by atoms with Gasteiger partial charge < -0.3 is 19.6 Å². The Bertz CT molecular complexity index is 2760. The van der Waals surface area contributed by atoms with Crippen LogP contribution in [0.2, 0.25) is 0 Å². The van der Waals surface area contributed by atoms with Crippen LogP contribution in [0.3, 0.4) is 0 Å². The highest BCUT2D eigenvalue weighted by Crippen LogP contribution is 2.41. The Morgan fingerprint density at radius 1 is 0.731 bits per heavy atom. The summed E-state index contributed by atoms with van der Waals surface area (Å²) in [6.07, 6.45) is 5.66. The van der Waals surface area contributed by atoms with Crippen LogP contribution in [-0.2, 0) is 6.42 Å². The van der Waals surface area contributed by atoms with Gasteiger partial charge in [0.05, 0.1) is 22.7 Å². The maximum absolute atomic E-state index is 9.55. The van der Waals surface area contributed by atoms with Gasteiger partial charge in [-0.05, 0) is 90.0 Å². The number of aryl methyl sites for hydroxylation is 1. The molecule has 0 amide bonds. The molecular weight excluding hydrogens is 639 g/mol. The summed E-state index contributed by atoms with van der Waals surface area (Å²) >= 11 is 0. The van der Waals surface area contributed by atoms with E-state index in [2.05, 4.69) is 125 Å². The molecule has 8 aromatic rings. The van der Waals surface area contributed by atoms with Crippen LogP contribution in [0.5, 0.6) is 0 Å². The minimum Gasteiger partial charge on any atom is -0.613 e. The number of nitriles is 1. The Morgan fingerprint density at radius 2 is 1.50 bits per heavy atom. The van der Waals surface area contributed by atoms with Crippen LogP contribution in [0.25, 0.3) is 61.0 Å². The molecule has 6 heteroatoms. The van der Waals surface area contributed by atoms with Gasteiger partial charge in [0.25, 0.3) is 0 Å². The Balaban J connectivity index is 1.05. The van der Waals surface area contributed by atoms with E-state index < -0.39 is 6.17 Å². The Morgan fingerprint density at radius 3 is 2.38 bits per heavy atom. The topological polar surface area (TPSA) is 80.3 Å². The van der Waals surface area contributed by atoms with E-state index in [1.54, 1.807) is 6.07 Å². The van der Waals surface area contributed by atoms with Crippen molar-refractivity contribution in [3.8, 4) is 22.9 Å². The summed E-state index contributed by atoms with van der Waals surface area (Å²) in [5, 5.41) is 21.7. The molecule has 1 aliphatic heterocycles. The van der Waals surface area contributed by atoms with Crippen LogP contribution in [0.4, 0.5) is 0 Å². The van der Waals surface area contributed by atoms with Crippen molar-refractivity contribution in [2.45, 2.75) is 25.2 Å². The summed E-state index contributed by atoms with van der Waals surface area (Å²) in [6.45, 7) is 0. The zero-order valence-electron chi connectivity index (χ0n) is 28.2. The van der Waals surface area contributed by atoms with Gasteiger partial charge in [-0.3, -0.25) is 4.99 Å². The lowest BCUT2D eigenvalue weighted by molar-refractivity contribution is 0.547. The molecule has 0 saturated heterocycles. The van der Waals surface area contributed by atoms with E-state index in [9.17, 15) is 5.26 Å². The van der Waals surface area contributed by atoms with Crippen LogP contribution >= 0.6 is 0 Å². The van der Waals surface area contributed by atoms with Gasteiger partial charge in [-0.15, -0.1) is 0 Å². The highest BCUT2D eigenvalue weighted by atomic mass is 16.3. The predicted octanol–water partition coefficient (Wildman–Crippen LogP) is 11.1. The molecule has 0 saturated carbocycles. The largest absolute Gasteiger partial charge is 0.613 e. The van der Waals surface area contributed by atoms with Crippen molar-refractivity contribution in [1.82, 2.24) is 9.88 Å². The summed E-state index contributed by atoms with van der Waals surface area (Å²) in [6, 6.07) is 50.4. The first-order valence-corrected chi connectivity index (χ1v) is 17.7. The zero-order chi connectivity index (χ0) is 34.6. The zero-order valence-corrected chi connectivity index (χ0v) is 28.2. The van der Waals surface area contributed by atoms with Crippen LogP contribution < -0.4 is 5.32 Å². The van der Waals surface area contributed by atoms with E-state index >= 15 is 0 Å². The molecule has 0 bridgehead atoms. The number of nitrogens with zero attached hydrogens (tertiary/aromatic N) is 4. The number of nitrogens with one attached hydrogen (secondary N) is 1. The number of aliphatic imine (C=N–C) groups is 1. The number of fused-ring (bicyclic) bond motifs is 6. The molecule has 2 aliphatic rings. The van der Waals surface area contributed by atoms with Gasteiger partial charge >= 0.3 is 0 Å². The fourth-order valence-corrected chi connectivity index (χ4v) is 7.78. The van der Waals surface area contributed by atoms with Gasteiger partial charge in [-0.2, -0.15) is 5.26 Å². The number of benzene rings is 6. The lowest BCUT2D eigenvalue weighted by Crippen LogP contribution is -2.34. The molecule has 3 heterocycles. The smallest absolute Gasteiger partial charge is 0.142 e. The number of rotatable bonds is 5. The van der Waals surface area contributed by atoms with Gasteiger partial charge in [-0.1, -0.05) is 97.1 Å². The highest BCUT2D eigenvalue weighted by molar-refractivity contribution is 6.11. The van der Waals surface area contributed by atoms with Gasteiger partial charge in [0.2, 0.25) is 0 Å². The average molecular weight is 671 g/mol. The van der Waals surface area contributed by atoms with E-state index in [4.69, 9.17) is 14.7 Å². The number of allylic oxidation sites excluding steroid dienone is 1. The number of amidine groups is 1. The second-order valence-corrected chi connectivity index (χ2v) is 13.4. The molecule has 0 spiro atoms. The van der Waals surface area contributed by atoms with Crippen molar-refractivity contribution < 1.29 is 4.42 Å². The Kier molecular flexibility index (Phi) is 7.12. The summed E-state index contributed by atoms with van der Waals surface area (Å²) in [5.74, 6) is 1.84. The fraction of sp³-hybridized carbons (Fsp3) is 0.0870. The standard InChI is InChI=1S/C46H32N5O/c47-28-29-10-8-13-33(26-29)46-49-44(30-11-2-1-3-12-30)48-45(50-46)31-20-23-34(24-21-31)51-40-18-6-4-14-36(40)39-27-32(22-25-41(39)51)35-16-9-17-38-37-15-5-7-19-42(37)52-43(35)38/h1-6,8-18,20-27,44,46H,7,19H2,(H,48,50)/q-1. The molecule has 1 aliphatic carbocycles. The predicted molar refractivity (Wildman–Crippen MR) is 209 cm³/mol. The highest BCUT2D eigenvalue weighted by Gasteiger charge is 2.20. The van der Waals surface area contributed by atoms with Gasteiger partial charge in [0, 0.05) is 45.0 Å². The van der Waals surface area contributed by atoms with Crippen molar-refractivity contribution in [2.75, 3.05) is 0 Å². The monoisotopic (exact) mass is 670 g/mol. The Labute approximate surface area is 301 Å². The van der Waals surface area contributed by atoms with E-state index in [0.717, 1.165) is 74.6 Å². The molecule has 6 aromatic carbocycles. The number of aromatic nitrogens is 1. The first-order chi connectivity index (χ1) is 25.7. The molecule has 0 radical (unpaired) electrons. The molecule has 0 fully saturated rings. The van der Waals surface area contributed by atoms with Crippen LogP contribution in [0.1, 0.15) is 52.3 Å². The summed E-state index contributed by atoms with van der Waals surface area (Å²) in [7, 11) is 0. The van der Waals surface area contributed by atoms with Crippen molar-refractivity contribution >= 4 is 44.7 Å². The lowest BCUT2D eigenvalue weighted by Gasteiger charge is -2.44. The van der Waals surface area contributed by atoms with Crippen LogP contribution in [-0.4, -0.2) is 10.4 Å². The maximum atomic E-state index is 9.55. The Hall–Kier alpha value is -6.68. The summed E-state index contributed by atoms with van der Waals surface area (Å²) < 4.78 is 8.83. The van der Waals surface area contributed by atoms with E-state index in [1.807, 2.05) is 36.4 Å². The summed E-state index contributed by atoms with van der Waals surface area (Å²) in [5.41, 5.74) is 11.3.